The van der Waals surface area contributed by atoms with Gasteiger partial charge in [0.15, 0.2) is 5.88 Å². The molecule has 88 valence electrons. The zero-order chi connectivity index (χ0) is 12.3. The van der Waals surface area contributed by atoms with Gasteiger partial charge in [-0.05, 0) is 5.56 Å². The van der Waals surface area contributed by atoms with Gasteiger partial charge >= 0.3 is 5.97 Å². The van der Waals surface area contributed by atoms with Crippen LogP contribution >= 0.6 is 0 Å². The molecule has 0 amide bonds. The van der Waals surface area contributed by atoms with Crippen LogP contribution < -0.4 is 11.5 Å². The lowest BCUT2D eigenvalue weighted by Gasteiger charge is -2.03. The quantitative estimate of drug-likeness (QED) is 0.787. The summed E-state index contributed by atoms with van der Waals surface area (Å²) in [6.07, 6.45) is 0. The second kappa shape index (κ2) is 4.61. The summed E-state index contributed by atoms with van der Waals surface area (Å²) >= 11 is 0. The van der Waals surface area contributed by atoms with Crippen LogP contribution in [-0.4, -0.2) is 5.97 Å². The SMILES string of the molecule is Nc1cc(N)c(C(=O)OCc2ccccc2)o1. The van der Waals surface area contributed by atoms with Crippen molar-refractivity contribution in [3.05, 3.63) is 47.7 Å². The van der Waals surface area contributed by atoms with Gasteiger partial charge in [-0.1, -0.05) is 30.3 Å². The van der Waals surface area contributed by atoms with Crippen LogP contribution in [0.3, 0.4) is 0 Å². The molecule has 2 rings (SSSR count). The molecule has 0 unspecified atom stereocenters. The van der Waals surface area contributed by atoms with Gasteiger partial charge in [0.1, 0.15) is 6.61 Å². The van der Waals surface area contributed by atoms with Crippen LogP contribution in [0.5, 0.6) is 0 Å². The second-order valence-electron chi connectivity index (χ2n) is 3.49. The Bertz CT molecular complexity index is 520. The van der Waals surface area contributed by atoms with E-state index in [2.05, 4.69) is 0 Å². The van der Waals surface area contributed by atoms with Crippen LogP contribution in [0.4, 0.5) is 11.6 Å². The molecule has 1 heterocycles. The Labute approximate surface area is 98.0 Å². The fourth-order valence-electron chi connectivity index (χ4n) is 1.37. The molecule has 4 N–H and O–H groups in total. The van der Waals surface area contributed by atoms with E-state index >= 15 is 0 Å². The van der Waals surface area contributed by atoms with Crippen molar-refractivity contribution in [2.75, 3.05) is 11.5 Å². The predicted molar refractivity (Wildman–Crippen MR) is 63.1 cm³/mol. The molecule has 1 aromatic carbocycles. The maximum atomic E-state index is 11.6. The number of hydrogen-bond acceptors (Lipinski definition) is 5. The molecule has 0 aliphatic heterocycles. The summed E-state index contributed by atoms with van der Waals surface area (Å²) in [6, 6.07) is 10.7. The largest absolute Gasteiger partial charge is 0.455 e. The van der Waals surface area contributed by atoms with Gasteiger partial charge in [0.2, 0.25) is 5.76 Å². The molecule has 0 atom stereocenters. The van der Waals surface area contributed by atoms with Crippen molar-refractivity contribution in [2.24, 2.45) is 0 Å². The third-order valence-electron chi connectivity index (χ3n) is 2.18. The zero-order valence-corrected chi connectivity index (χ0v) is 9.05. The minimum Gasteiger partial charge on any atom is -0.455 e. The zero-order valence-electron chi connectivity index (χ0n) is 9.05. The number of esters is 1. The van der Waals surface area contributed by atoms with E-state index in [-0.39, 0.29) is 23.9 Å². The van der Waals surface area contributed by atoms with Crippen molar-refractivity contribution in [1.29, 1.82) is 0 Å². The molecular weight excluding hydrogens is 220 g/mol. The highest BCUT2D eigenvalue weighted by atomic mass is 16.5. The average Bonchev–Trinajstić information content (AvgIpc) is 2.67. The predicted octanol–water partition coefficient (Wildman–Crippen LogP) is 1.80. The van der Waals surface area contributed by atoms with Crippen molar-refractivity contribution in [3.63, 3.8) is 0 Å². The first-order valence-electron chi connectivity index (χ1n) is 5.02. The molecule has 1 aromatic heterocycles. The number of hydrogen-bond donors (Lipinski definition) is 2. The number of nitrogen functional groups attached to an aromatic ring is 2. The van der Waals surface area contributed by atoms with E-state index in [9.17, 15) is 4.79 Å². The van der Waals surface area contributed by atoms with Gasteiger partial charge in [0.05, 0.1) is 5.69 Å². The first-order chi connectivity index (χ1) is 8.16. The Morgan fingerprint density at radius 2 is 1.94 bits per heavy atom. The third-order valence-corrected chi connectivity index (χ3v) is 2.18. The van der Waals surface area contributed by atoms with Crippen molar-refractivity contribution >= 4 is 17.5 Å². The maximum absolute atomic E-state index is 11.6. The van der Waals surface area contributed by atoms with Gasteiger partial charge < -0.3 is 20.6 Å². The molecule has 0 radical (unpaired) electrons. The molecule has 5 heteroatoms. The summed E-state index contributed by atoms with van der Waals surface area (Å²) < 4.78 is 9.98. The summed E-state index contributed by atoms with van der Waals surface area (Å²) in [5.74, 6) is -0.587. The number of carbonyl (C=O) groups is 1. The molecule has 0 aliphatic carbocycles. The lowest BCUT2D eigenvalue weighted by molar-refractivity contribution is 0.0439. The minimum atomic E-state index is -0.622. The van der Waals surface area contributed by atoms with E-state index in [1.807, 2.05) is 30.3 Å². The van der Waals surface area contributed by atoms with E-state index in [1.54, 1.807) is 0 Å². The second-order valence-corrected chi connectivity index (χ2v) is 3.49. The highest BCUT2D eigenvalue weighted by Crippen LogP contribution is 2.20. The Hall–Kier alpha value is -2.43. The van der Waals surface area contributed by atoms with E-state index < -0.39 is 5.97 Å². The molecule has 0 bridgehead atoms. The summed E-state index contributed by atoms with van der Waals surface area (Å²) in [7, 11) is 0. The van der Waals surface area contributed by atoms with Crippen LogP contribution in [-0.2, 0) is 11.3 Å². The monoisotopic (exact) mass is 232 g/mol. The summed E-state index contributed by atoms with van der Waals surface area (Å²) in [5.41, 5.74) is 12.0. The van der Waals surface area contributed by atoms with E-state index in [1.165, 1.54) is 6.07 Å². The molecule has 0 saturated carbocycles. The van der Waals surface area contributed by atoms with Crippen molar-refractivity contribution < 1.29 is 13.9 Å². The molecule has 17 heavy (non-hydrogen) atoms. The van der Waals surface area contributed by atoms with Crippen molar-refractivity contribution in [1.82, 2.24) is 0 Å². The number of nitrogens with two attached hydrogens (primary N) is 2. The van der Waals surface area contributed by atoms with Gasteiger partial charge in [0, 0.05) is 6.07 Å². The lowest BCUT2D eigenvalue weighted by atomic mass is 10.2. The van der Waals surface area contributed by atoms with E-state index in [0.717, 1.165) is 5.56 Å². The summed E-state index contributed by atoms with van der Waals surface area (Å²) in [4.78, 5) is 11.6. The number of rotatable bonds is 3. The Kier molecular flexibility index (Phi) is 3.00. The molecule has 2 aromatic rings. The van der Waals surface area contributed by atoms with Gasteiger partial charge in [-0.15, -0.1) is 0 Å². The van der Waals surface area contributed by atoms with E-state index in [0.29, 0.717) is 0 Å². The summed E-state index contributed by atoms with van der Waals surface area (Å²) in [5, 5.41) is 0. The van der Waals surface area contributed by atoms with Crippen molar-refractivity contribution in [3.8, 4) is 0 Å². The van der Waals surface area contributed by atoms with Crippen LogP contribution in [0.25, 0.3) is 0 Å². The van der Waals surface area contributed by atoms with Gasteiger partial charge in [-0.25, -0.2) is 4.79 Å². The third kappa shape index (κ3) is 2.57. The number of ether oxygens (including phenoxy) is 1. The molecule has 0 spiro atoms. The Balaban J connectivity index is 2.01. The fraction of sp³-hybridized carbons (Fsp3) is 0.0833. The van der Waals surface area contributed by atoms with Gasteiger partial charge in [-0.3, -0.25) is 0 Å². The number of anilines is 2. The molecule has 0 saturated heterocycles. The lowest BCUT2D eigenvalue weighted by Crippen LogP contribution is -2.06. The number of furan rings is 1. The molecule has 0 fully saturated rings. The first kappa shape index (κ1) is 11.1. The highest BCUT2D eigenvalue weighted by Gasteiger charge is 2.17. The maximum Gasteiger partial charge on any atom is 0.376 e. The fourth-order valence-corrected chi connectivity index (χ4v) is 1.37. The highest BCUT2D eigenvalue weighted by molar-refractivity contribution is 5.92. The van der Waals surface area contributed by atoms with E-state index in [4.69, 9.17) is 20.6 Å². The normalized spacial score (nSPS) is 10.1. The van der Waals surface area contributed by atoms with Crippen LogP contribution in [0.2, 0.25) is 0 Å². The van der Waals surface area contributed by atoms with Crippen LogP contribution in [0, 0.1) is 0 Å². The molecule has 0 aliphatic rings. The van der Waals surface area contributed by atoms with Gasteiger partial charge in [0.25, 0.3) is 0 Å². The first-order valence-corrected chi connectivity index (χ1v) is 5.02. The number of carbonyl (C=O) groups excluding carboxylic acids is 1. The van der Waals surface area contributed by atoms with Crippen molar-refractivity contribution in [2.45, 2.75) is 6.61 Å². The topological polar surface area (TPSA) is 91.5 Å². The Morgan fingerprint density at radius 3 is 2.53 bits per heavy atom. The smallest absolute Gasteiger partial charge is 0.376 e. The molecular formula is C12H12N2O3. The number of benzene rings is 1. The average molecular weight is 232 g/mol. The van der Waals surface area contributed by atoms with Gasteiger partial charge in [-0.2, -0.15) is 0 Å². The van der Waals surface area contributed by atoms with Crippen LogP contribution in [0.1, 0.15) is 16.1 Å². The van der Waals surface area contributed by atoms with Crippen LogP contribution in [0.15, 0.2) is 40.8 Å². The standard InChI is InChI=1S/C12H12N2O3/c13-9-6-10(14)17-11(9)12(15)16-7-8-4-2-1-3-5-8/h1-6H,7,13-14H2. The summed E-state index contributed by atoms with van der Waals surface area (Å²) in [6.45, 7) is 0.166. The minimum absolute atomic E-state index is 0.0570. The Morgan fingerprint density at radius 1 is 1.24 bits per heavy atom. The molecule has 5 nitrogen and oxygen atoms in total.